The highest BCUT2D eigenvalue weighted by Crippen LogP contribution is 2.44. The molecule has 5 heterocycles. The van der Waals surface area contributed by atoms with Gasteiger partial charge in [-0.1, -0.05) is 0 Å². The van der Waals surface area contributed by atoms with E-state index in [0.717, 1.165) is 52.9 Å². The van der Waals surface area contributed by atoms with Gasteiger partial charge in [0, 0.05) is 22.7 Å². The molecule has 0 aromatic carbocycles. The van der Waals surface area contributed by atoms with Crippen molar-refractivity contribution in [1.29, 1.82) is 0 Å². The molecule has 30 heavy (non-hydrogen) atoms. The van der Waals surface area contributed by atoms with Gasteiger partial charge in [0.25, 0.3) is 5.56 Å². The smallest absolute Gasteiger partial charge is 0.293 e. The lowest BCUT2D eigenvalue weighted by atomic mass is 9.97. The number of rotatable bonds is 2. The van der Waals surface area contributed by atoms with E-state index in [1.54, 1.807) is 21.6 Å². The van der Waals surface area contributed by atoms with E-state index in [1.165, 1.54) is 12.8 Å². The van der Waals surface area contributed by atoms with Gasteiger partial charge in [0.15, 0.2) is 5.65 Å². The summed E-state index contributed by atoms with van der Waals surface area (Å²) in [6.45, 7) is 4.91. The van der Waals surface area contributed by atoms with Gasteiger partial charge in [-0.2, -0.15) is 10.2 Å². The summed E-state index contributed by atoms with van der Waals surface area (Å²) in [6, 6.07) is 4.09. The number of piperidine rings is 1. The van der Waals surface area contributed by atoms with Crippen LogP contribution in [0.4, 0.5) is 0 Å². The number of imidazole rings is 1. The Labute approximate surface area is 173 Å². The van der Waals surface area contributed by atoms with Gasteiger partial charge in [-0.25, -0.2) is 19.2 Å². The van der Waals surface area contributed by atoms with Gasteiger partial charge in [0.2, 0.25) is 0 Å². The highest BCUT2D eigenvalue weighted by molar-refractivity contribution is 5.81. The molecule has 4 aromatic rings. The van der Waals surface area contributed by atoms with Crippen LogP contribution >= 0.6 is 0 Å². The zero-order chi connectivity index (χ0) is 20.5. The number of nitrogens with one attached hydrogen (secondary N) is 1. The first kappa shape index (κ1) is 17.7. The van der Waals surface area contributed by atoms with Crippen molar-refractivity contribution in [3.8, 4) is 11.3 Å². The number of hydrogen-bond donors (Lipinski definition) is 1. The van der Waals surface area contributed by atoms with E-state index in [1.807, 2.05) is 32.2 Å². The van der Waals surface area contributed by atoms with Crippen LogP contribution < -0.4 is 10.9 Å². The van der Waals surface area contributed by atoms with E-state index in [2.05, 4.69) is 25.5 Å². The lowest BCUT2D eigenvalue weighted by Crippen LogP contribution is -2.43. The third-order valence-electron chi connectivity index (χ3n) is 6.48. The van der Waals surface area contributed by atoms with E-state index >= 15 is 0 Å². The molecule has 2 fully saturated rings. The lowest BCUT2D eigenvalue weighted by molar-refractivity contribution is 0.264. The third-order valence-corrected chi connectivity index (χ3v) is 6.48. The molecular weight excluding hydrogens is 378 g/mol. The van der Waals surface area contributed by atoms with Crippen molar-refractivity contribution < 1.29 is 0 Å². The van der Waals surface area contributed by atoms with Crippen molar-refractivity contribution in [3.05, 3.63) is 52.3 Å². The average molecular weight is 401 g/mol. The number of fused-ring (bicyclic) bond motifs is 2. The second kappa shape index (κ2) is 6.18. The largest absolute Gasteiger partial charge is 0.311 e. The summed E-state index contributed by atoms with van der Waals surface area (Å²) in [5.41, 5.74) is 5.08. The summed E-state index contributed by atoms with van der Waals surface area (Å²) in [5, 5.41) is 13.5. The number of aryl methyl sites for hydroxylation is 2. The molecule has 1 N–H and O–H groups in total. The molecule has 1 saturated heterocycles. The van der Waals surface area contributed by atoms with Crippen LogP contribution in [0.25, 0.3) is 27.8 Å². The molecule has 0 radical (unpaired) electrons. The first-order chi connectivity index (χ1) is 14.5. The monoisotopic (exact) mass is 401 g/mol. The molecule has 8 heteroatoms. The molecule has 152 valence electrons. The van der Waals surface area contributed by atoms with Crippen molar-refractivity contribution in [2.75, 3.05) is 6.54 Å². The van der Waals surface area contributed by atoms with Crippen LogP contribution in [0.2, 0.25) is 0 Å². The van der Waals surface area contributed by atoms with Crippen LogP contribution in [-0.4, -0.2) is 41.4 Å². The van der Waals surface area contributed by atoms with Crippen LogP contribution in [0, 0.1) is 13.8 Å². The summed E-state index contributed by atoms with van der Waals surface area (Å²) in [5.74, 6) is 0. The van der Waals surface area contributed by atoms with Crippen LogP contribution in [0.1, 0.15) is 43.0 Å². The highest BCUT2D eigenvalue weighted by Gasteiger charge is 2.46. The number of pyridine rings is 1. The van der Waals surface area contributed by atoms with Crippen molar-refractivity contribution in [2.45, 2.75) is 51.1 Å². The van der Waals surface area contributed by atoms with Gasteiger partial charge < -0.3 is 5.32 Å². The number of aromatic nitrogens is 6. The van der Waals surface area contributed by atoms with Crippen LogP contribution in [-0.2, 0) is 0 Å². The SMILES string of the molecule is Cc1cn2nc(-c3cnc4c(=O)n(C5CCNC6(CC6)C5)ncc4c3)cc(C)c2n1. The molecule has 1 saturated carbocycles. The second-order valence-electron chi connectivity index (χ2n) is 8.77. The molecule has 1 unspecified atom stereocenters. The van der Waals surface area contributed by atoms with Crippen molar-refractivity contribution in [3.63, 3.8) is 0 Å². The first-order valence-electron chi connectivity index (χ1n) is 10.5. The predicted octanol–water partition coefficient (Wildman–Crippen LogP) is 2.58. The fraction of sp³-hybridized carbons (Fsp3) is 0.409. The summed E-state index contributed by atoms with van der Waals surface area (Å²) >= 11 is 0. The number of hydrogen-bond acceptors (Lipinski definition) is 6. The minimum atomic E-state index is -0.105. The van der Waals surface area contributed by atoms with Crippen molar-refractivity contribution >= 4 is 16.6 Å². The first-order valence-corrected chi connectivity index (χ1v) is 10.5. The maximum atomic E-state index is 13.1. The summed E-state index contributed by atoms with van der Waals surface area (Å²) < 4.78 is 3.45. The van der Waals surface area contributed by atoms with Crippen molar-refractivity contribution in [2.24, 2.45) is 0 Å². The van der Waals surface area contributed by atoms with E-state index in [-0.39, 0.29) is 17.1 Å². The predicted molar refractivity (Wildman–Crippen MR) is 113 cm³/mol. The molecule has 1 spiro atoms. The van der Waals surface area contributed by atoms with E-state index in [0.29, 0.717) is 5.52 Å². The average Bonchev–Trinajstić information content (AvgIpc) is 3.35. The zero-order valence-electron chi connectivity index (χ0n) is 17.1. The van der Waals surface area contributed by atoms with Gasteiger partial charge in [-0.15, -0.1) is 0 Å². The molecule has 8 nitrogen and oxygen atoms in total. The minimum Gasteiger partial charge on any atom is -0.311 e. The fourth-order valence-corrected chi connectivity index (χ4v) is 4.70. The van der Waals surface area contributed by atoms with Gasteiger partial charge >= 0.3 is 0 Å². The molecule has 1 aliphatic heterocycles. The molecule has 0 amide bonds. The van der Waals surface area contributed by atoms with E-state index < -0.39 is 0 Å². The van der Waals surface area contributed by atoms with Crippen LogP contribution in [0.15, 0.2) is 35.5 Å². The molecule has 1 aliphatic carbocycles. The fourth-order valence-electron chi connectivity index (χ4n) is 4.70. The normalized spacial score (nSPS) is 20.3. The molecule has 2 aliphatic rings. The molecular formula is C22H23N7O. The Morgan fingerprint density at radius 3 is 2.90 bits per heavy atom. The maximum Gasteiger partial charge on any atom is 0.293 e. The van der Waals surface area contributed by atoms with Crippen molar-refractivity contribution in [1.82, 2.24) is 34.7 Å². The van der Waals surface area contributed by atoms with Gasteiger partial charge in [0.05, 0.1) is 29.8 Å². The van der Waals surface area contributed by atoms with Crippen LogP contribution in [0.3, 0.4) is 0 Å². The van der Waals surface area contributed by atoms with Gasteiger partial charge in [-0.3, -0.25) is 4.79 Å². The Morgan fingerprint density at radius 2 is 2.07 bits per heavy atom. The molecule has 0 bridgehead atoms. The molecule has 1 atom stereocenters. The summed E-state index contributed by atoms with van der Waals surface area (Å²) in [4.78, 5) is 22.2. The Morgan fingerprint density at radius 1 is 1.20 bits per heavy atom. The summed E-state index contributed by atoms with van der Waals surface area (Å²) in [7, 11) is 0. The van der Waals surface area contributed by atoms with Gasteiger partial charge in [0.1, 0.15) is 5.52 Å². The second-order valence-corrected chi connectivity index (χ2v) is 8.77. The van der Waals surface area contributed by atoms with Crippen LogP contribution in [0.5, 0.6) is 0 Å². The van der Waals surface area contributed by atoms with E-state index in [4.69, 9.17) is 0 Å². The zero-order valence-corrected chi connectivity index (χ0v) is 17.1. The lowest BCUT2D eigenvalue weighted by Gasteiger charge is -2.30. The maximum absolute atomic E-state index is 13.1. The Bertz CT molecular complexity index is 1370. The van der Waals surface area contributed by atoms with Gasteiger partial charge in [-0.05, 0) is 63.8 Å². The Kier molecular flexibility index (Phi) is 3.65. The molecule has 6 rings (SSSR count). The van der Waals surface area contributed by atoms with E-state index in [9.17, 15) is 4.79 Å². The highest BCUT2D eigenvalue weighted by atomic mass is 16.1. The topological polar surface area (TPSA) is 90.0 Å². The third kappa shape index (κ3) is 2.74. The molecule has 4 aromatic heterocycles. The standard InChI is InChI=1S/C22H23N7O/c1-13-7-18(27-28-12-14(2)26-20(13)28)15-8-16-11-25-29(21(30)19(16)23-10-15)17-3-6-24-22(9-17)4-5-22/h7-8,10-12,17,24H,3-6,9H2,1-2H3. The minimum absolute atomic E-state index is 0.105. The summed E-state index contributed by atoms with van der Waals surface area (Å²) in [6.07, 6.45) is 9.69. The Balaban J connectivity index is 1.41. The Hall–Kier alpha value is -3.13. The number of nitrogens with zero attached hydrogens (tertiary/aromatic N) is 6. The quantitative estimate of drug-likeness (QED) is 0.555.